The monoisotopic (exact) mass is 352 g/mol. The van der Waals surface area contributed by atoms with Crippen molar-refractivity contribution in [3.63, 3.8) is 0 Å². The highest BCUT2D eigenvalue weighted by atomic mass is 35.7. The molecule has 1 N–H and O–H groups in total. The Labute approximate surface area is 131 Å². The molecule has 1 amide bonds. The zero-order valence-corrected chi connectivity index (χ0v) is 14.3. The lowest BCUT2D eigenvalue weighted by Gasteiger charge is -2.16. The quantitative estimate of drug-likeness (QED) is 0.765. The van der Waals surface area contributed by atoms with E-state index in [4.69, 9.17) is 10.7 Å². The second-order valence-electron chi connectivity index (χ2n) is 4.55. The van der Waals surface area contributed by atoms with Crippen LogP contribution in [0.4, 0.5) is 5.69 Å². The number of anilines is 1. The van der Waals surface area contributed by atoms with E-state index in [2.05, 4.69) is 5.32 Å². The van der Waals surface area contributed by atoms with Crippen molar-refractivity contribution in [1.29, 1.82) is 0 Å². The zero-order valence-electron chi connectivity index (χ0n) is 11.9. The lowest BCUT2D eigenvalue weighted by Crippen LogP contribution is -2.27. The van der Waals surface area contributed by atoms with Gasteiger partial charge in [0, 0.05) is 59.7 Å². The van der Waals surface area contributed by atoms with Crippen molar-refractivity contribution in [2.24, 2.45) is 0 Å². The van der Waals surface area contributed by atoms with E-state index in [-0.39, 0.29) is 17.0 Å². The van der Waals surface area contributed by atoms with E-state index in [1.807, 2.05) is 0 Å². The zero-order chi connectivity index (χ0) is 16.2. The van der Waals surface area contributed by atoms with Crippen LogP contribution in [-0.2, 0) is 19.9 Å². The average molecular weight is 353 g/mol. The molecule has 0 fully saturated rings. The van der Waals surface area contributed by atoms with E-state index in [0.29, 0.717) is 11.4 Å². The lowest BCUT2D eigenvalue weighted by molar-refractivity contribution is 0.0956. The standard InChI is InChI=1S/C12H17ClN2O4S2/c1-15(2)10-5-4-9(8-11(10)21(13,18)19)12(16)14-6-7-20(3)17/h4-5,8H,6-7H2,1-3H3,(H,14,16). The predicted molar refractivity (Wildman–Crippen MR) is 85.1 cm³/mol. The third kappa shape index (κ3) is 5.29. The molecular weight excluding hydrogens is 336 g/mol. The molecule has 0 aromatic heterocycles. The van der Waals surface area contributed by atoms with Crippen molar-refractivity contribution in [1.82, 2.24) is 5.32 Å². The van der Waals surface area contributed by atoms with E-state index in [1.54, 1.807) is 19.0 Å². The fraction of sp³-hybridized carbons (Fsp3) is 0.417. The molecule has 1 rings (SSSR count). The van der Waals surface area contributed by atoms with Crippen LogP contribution in [0.25, 0.3) is 0 Å². The van der Waals surface area contributed by atoms with Gasteiger partial charge in [0.1, 0.15) is 4.90 Å². The summed E-state index contributed by atoms with van der Waals surface area (Å²) in [5.41, 5.74) is 0.581. The molecule has 0 bridgehead atoms. The first kappa shape index (κ1) is 17.9. The first-order chi connectivity index (χ1) is 9.62. The Morgan fingerprint density at radius 3 is 2.48 bits per heavy atom. The van der Waals surface area contributed by atoms with Gasteiger partial charge in [-0.1, -0.05) is 0 Å². The summed E-state index contributed by atoms with van der Waals surface area (Å²) in [5, 5.41) is 2.57. The molecule has 0 spiro atoms. The highest BCUT2D eigenvalue weighted by Gasteiger charge is 2.19. The molecule has 0 aliphatic carbocycles. The number of nitrogens with zero attached hydrogens (tertiary/aromatic N) is 1. The summed E-state index contributed by atoms with van der Waals surface area (Å²) >= 11 is 0. The van der Waals surface area contributed by atoms with Crippen molar-refractivity contribution >= 4 is 42.1 Å². The van der Waals surface area contributed by atoms with Crippen molar-refractivity contribution in [3.05, 3.63) is 23.8 Å². The number of halogens is 1. The molecule has 0 heterocycles. The number of rotatable bonds is 6. The van der Waals surface area contributed by atoms with Crippen LogP contribution in [-0.4, -0.2) is 51.2 Å². The van der Waals surface area contributed by atoms with Gasteiger partial charge in [0.05, 0.1) is 5.69 Å². The second kappa shape index (κ2) is 7.24. The minimum atomic E-state index is -3.97. The van der Waals surface area contributed by atoms with Gasteiger partial charge >= 0.3 is 0 Å². The molecule has 6 nitrogen and oxygen atoms in total. The Balaban J connectivity index is 3.06. The number of benzene rings is 1. The van der Waals surface area contributed by atoms with Crippen LogP contribution in [0.1, 0.15) is 10.4 Å². The van der Waals surface area contributed by atoms with Crippen molar-refractivity contribution in [3.8, 4) is 0 Å². The normalized spacial score (nSPS) is 12.8. The Morgan fingerprint density at radius 2 is 2.00 bits per heavy atom. The SMILES string of the molecule is CN(C)c1ccc(C(=O)NCCS(C)=O)cc1S(=O)(=O)Cl. The average Bonchev–Trinajstić information content (AvgIpc) is 2.36. The number of amides is 1. The number of nitrogens with one attached hydrogen (secondary N) is 1. The van der Waals surface area contributed by atoms with E-state index in [0.717, 1.165) is 0 Å². The Morgan fingerprint density at radius 1 is 1.38 bits per heavy atom. The van der Waals surface area contributed by atoms with E-state index in [9.17, 15) is 17.4 Å². The maximum atomic E-state index is 11.9. The van der Waals surface area contributed by atoms with Crippen molar-refractivity contribution in [2.45, 2.75) is 4.90 Å². The fourth-order valence-electron chi connectivity index (χ4n) is 1.63. The maximum Gasteiger partial charge on any atom is 0.263 e. The molecule has 0 saturated heterocycles. The lowest BCUT2D eigenvalue weighted by atomic mass is 10.2. The van der Waals surface area contributed by atoms with Gasteiger partial charge in [0.15, 0.2) is 0 Å². The van der Waals surface area contributed by atoms with Gasteiger partial charge in [0.25, 0.3) is 15.0 Å². The number of hydrogen-bond donors (Lipinski definition) is 1. The third-order valence-corrected chi connectivity index (χ3v) is 4.77. The van der Waals surface area contributed by atoms with Crippen LogP contribution in [0.3, 0.4) is 0 Å². The van der Waals surface area contributed by atoms with Crippen LogP contribution in [0.2, 0.25) is 0 Å². The molecule has 0 saturated carbocycles. The Hall–Kier alpha value is -1.12. The molecule has 1 atom stereocenters. The largest absolute Gasteiger partial charge is 0.377 e. The van der Waals surface area contributed by atoms with Crippen LogP contribution >= 0.6 is 10.7 Å². The molecule has 1 unspecified atom stereocenters. The van der Waals surface area contributed by atoms with Crippen molar-refractivity contribution in [2.75, 3.05) is 37.5 Å². The van der Waals surface area contributed by atoms with Gasteiger partial charge in [-0.05, 0) is 18.2 Å². The molecule has 21 heavy (non-hydrogen) atoms. The molecule has 0 radical (unpaired) electrons. The van der Waals surface area contributed by atoms with Crippen LogP contribution < -0.4 is 10.2 Å². The van der Waals surface area contributed by atoms with Gasteiger partial charge in [-0.3, -0.25) is 9.00 Å². The highest BCUT2D eigenvalue weighted by molar-refractivity contribution is 8.13. The summed E-state index contributed by atoms with van der Waals surface area (Å²) in [4.78, 5) is 13.4. The fourth-order valence-corrected chi connectivity index (χ4v) is 3.16. The summed E-state index contributed by atoms with van der Waals surface area (Å²) in [5.74, 6) is -0.102. The maximum absolute atomic E-state index is 11.9. The summed E-state index contributed by atoms with van der Waals surface area (Å²) in [7, 11) is 3.79. The number of carbonyl (C=O) groups excluding carboxylic acids is 1. The summed E-state index contributed by atoms with van der Waals surface area (Å²) < 4.78 is 34.1. The van der Waals surface area contributed by atoms with Gasteiger partial charge in [0.2, 0.25) is 0 Å². The molecule has 9 heteroatoms. The minimum absolute atomic E-state index is 0.124. The van der Waals surface area contributed by atoms with Crippen LogP contribution in [0.15, 0.2) is 23.1 Å². The summed E-state index contributed by atoms with van der Waals surface area (Å²) in [6, 6.07) is 4.26. The number of carbonyl (C=O) groups is 1. The molecular formula is C12H17ClN2O4S2. The third-order valence-electron chi connectivity index (χ3n) is 2.64. The second-order valence-corrected chi connectivity index (χ2v) is 8.64. The Kier molecular flexibility index (Phi) is 6.18. The number of hydrogen-bond acceptors (Lipinski definition) is 5. The summed E-state index contributed by atoms with van der Waals surface area (Å²) in [6.07, 6.45) is 1.54. The molecule has 0 aliphatic rings. The first-order valence-electron chi connectivity index (χ1n) is 5.97. The first-order valence-corrected chi connectivity index (χ1v) is 10.0. The van der Waals surface area contributed by atoms with Crippen molar-refractivity contribution < 1.29 is 17.4 Å². The van der Waals surface area contributed by atoms with E-state index in [1.165, 1.54) is 24.5 Å². The van der Waals surface area contributed by atoms with Crippen LogP contribution in [0, 0.1) is 0 Å². The van der Waals surface area contributed by atoms with Gasteiger partial charge in [-0.2, -0.15) is 0 Å². The van der Waals surface area contributed by atoms with Gasteiger partial charge < -0.3 is 10.2 Å². The molecule has 118 valence electrons. The summed E-state index contributed by atoms with van der Waals surface area (Å²) in [6.45, 7) is 0.250. The topological polar surface area (TPSA) is 83.6 Å². The minimum Gasteiger partial charge on any atom is -0.377 e. The molecule has 1 aromatic rings. The Bertz CT molecular complexity index is 659. The van der Waals surface area contributed by atoms with E-state index < -0.39 is 25.8 Å². The van der Waals surface area contributed by atoms with Gasteiger partial charge in [-0.15, -0.1) is 0 Å². The molecule has 0 aliphatic heterocycles. The predicted octanol–water partition coefficient (Wildman–Crippen LogP) is 0.788. The van der Waals surface area contributed by atoms with E-state index >= 15 is 0 Å². The van der Waals surface area contributed by atoms with Gasteiger partial charge in [-0.25, -0.2) is 8.42 Å². The van der Waals surface area contributed by atoms with Crippen LogP contribution in [0.5, 0.6) is 0 Å². The smallest absolute Gasteiger partial charge is 0.263 e. The highest BCUT2D eigenvalue weighted by Crippen LogP contribution is 2.27. The molecule has 1 aromatic carbocycles.